The van der Waals surface area contributed by atoms with Gasteiger partial charge in [0.2, 0.25) is 0 Å². The zero-order chi connectivity index (χ0) is 21.2. The third-order valence-electron chi connectivity index (χ3n) is 4.02. The van der Waals surface area contributed by atoms with Gasteiger partial charge < -0.3 is 5.32 Å². The Morgan fingerprint density at radius 3 is 2.28 bits per heavy atom. The number of nitrogens with one attached hydrogen (secondary N) is 2. The number of amides is 1. The van der Waals surface area contributed by atoms with E-state index in [-0.39, 0.29) is 16.1 Å². The molecule has 150 valence electrons. The zero-order valence-corrected chi connectivity index (χ0v) is 17.4. The monoisotopic (exact) mass is 452 g/mol. The smallest absolute Gasteiger partial charge is 0.262 e. The highest BCUT2D eigenvalue weighted by molar-refractivity contribution is 7.92. The third-order valence-corrected chi connectivity index (χ3v) is 5.85. The quantitative estimate of drug-likeness (QED) is 0.536. The van der Waals surface area contributed by atoms with Crippen molar-refractivity contribution < 1.29 is 17.6 Å². The number of hydrogen-bond donors (Lipinski definition) is 2. The number of benzene rings is 3. The third kappa shape index (κ3) is 5.06. The summed E-state index contributed by atoms with van der Waals surface area (Å²) in [6, 6.07) is 14.0. The van der Waals surface area contributed by atoms with Crippen LogP contribution in [-0.4, -0.2) is 14.3 Å². The normalized spacial score (nSPS) is 11.2. The van der Waals surface area contributed by atoms with Crippen molar-refractivity contribution in [3.05, 3.63) is 87.7 Å². The van der Waals surface area contributed by atoms with Gasteiger partial charge >= 0.3 is 0 Å². The van der Waals surface area contributed by atoms with E-state index >= 15 is 0 Å². The Morgan fingerprint density at radius 2 is 1.62 bits per heavy atom. The largest absolute Gasteiger partial charge is 0.319 e. The van der Waals surface area contributed by atoms with Crippen LogP contribution in [-0.2, 0) is 10.0 Å². The van der Waals surface area contributed by atoms with Gasteiger partial charge in [0, 0.05) is 15.6 Å². The Hall–Kier alpha value is -2.61. The minimum atomic E-state index is -4.04. The molecule has 9 heteroatoms. The van der Waals surface area contributed by atoms with Crippen LogP contribution in [0.5, 0.6) is 0 Å². The highest BCUT2D eigenvalue weighted by Gasteiger charge is 2.18. The van der Waals surface area contributed by atoms with Crippen LogP contribution in [0.2, 0.25) is 10.0 Å². The molecule has 0 heterocycles. The lowest BCUT2D eigenvalue weighted by molar-refractivity contribution is 0.102. The van der Waals surface area contributed by atoms with Gasteiger partial charge in [0.25, 0.3) is 15.9 Å². The van der Waals surface area contributed by atoms with Crippen LogP contribution >= 0.6 is 23.2 Å². The number of carbonyl (C=O) groups excluding carboxylic acids is 1. The molecule has 2 N–H and O–H groups in total. The summed E-state index contributed by atoms with van der Waals surface area (Å²) in [7, 11) is -4.04. The first kappa shape index (κ1) is 21.1. The molecule has 0 saturated carbocycles. The highest BCUT2D eigenvalue weighted by Crippen LogP contribution is 2.25. The molecule has 3 rings (SSSR count). The van der Waals surface area contributed by atoms with Gasteiger partial charge in [-0.2, -0.15) is 0 Å². The Kier molecular flexibility index (Phi) is 6.12. The molecule has 0 bridgehead atoms. The van der Waals surface area contributed by atoms with Crippen LogP contribution in [0.3, 0.4) is 0 Å². The van der Waals surface area contributed by atoms with Gasteiger partial charge in [0.15, 0.2) is 0 Å². The summed E-state index contributed by atoms with van der Waals surface area (Å²) in [4.78, 5) is 11.9. The standard InChI is InChI=1S/C20H15Cl2FN2O3S/c1-12-9-15(22)5-7-18(12)25-29(27,28)16-6-8-19(17(23)11-16)24-20(26)13-3-2-4-14(21)10-13/h2-11,25H,1H3,(H,24,26). The second-order valence-electron chi connectivity index (χ2n) is 6.17. The molecule has 0 aliphatic heterocycles. The van der Waals surface area contributed by atoms with Gasteiger partial charge in [-0.05, 0) is 67.1 Å². The molecule has 1 amide bonds. The lowest BCUT2D eigenvalue weighted by Crippen LogP contribution is -2.16. The van der Waals surface area contributed by atoms with Crippen LogP contribution in [0.1, 0.15) is 15.9 Å². The molecular weight excluding hydrogens is 438 g/mol. The van der Waals surface area contributed by atoms with Gasteiger partial charge in [-0.3, -0.25) is 9.52 Å². The van der Waals surface area contributed by atoms with Gasteiger partial charge in [0.05, 0.1) is 16.3 Å². The van der Waals surface area contributed by atoms with Gasteiger partial charge in [-0.1, -0.05) is 29.3 Å². The van der Waals surface area contributed by atoms with Gasteiger partial charge in [0.1, 0.15) is 5.82 Å². The molecule has 29 heavy (non-hydrogen) atoms. The predicted molar refractivity (Wildman–Crippen MR) is 113 cm³/mol. The van der Waals surface area contributed by atoms with E-state index in [0.717, 1.165) is 6.07 Å². The van der Waals surface area contributed by atoms with Crippen molar-refractivity contribution in [2.24, 2.45) is 0 Å². The number of hydrogen-bond acceptors (Lipinski definition) is 3. The zero-order valence-electron chi connectivity index (χ0n) is 15.0. The fourth-order valence-electron chi connectivity index (χ4n) is 2.53. The number of anilines is 2. The molecule has 0 unspecified atom stereocenters. The number of sulfonamides is 1. The van der Waals surface area contributed by atoms with E-state index in [1.54, 1.807) is 31.2 Å². The molecule has 3 aromatic rings. The summed E-state index contributed by atoms with van der Waals surface area (Å²) in [6.45, 7) is 1.69. The molecule has 3 aromatic carbocycles. The molecule has 0 saturated heterocycles. The number of aryl methyl sites for hydroxylation is 1. The van der Waals surface area contributed by atoms with Crippen LogP contribution in [0.15, 0.2) is 65.6 Å². The second-order valence-corrected chi connectivity index (χ2v) is 8.73. The van der Waals surface area contributed by atoms with Crippen LogP contribution < -0.4 is 10.0 Å². The van der Waals surface area contributed by atoms with E-state index in [0.29, 0.717) is 21.3 Å². The fraction of sp³-hybridized carbons (Fsp3) is 0.0500. The first-order valence-electron chi connectivity index (χ1n) is 8.31. The summed E-state index contributed by atoms with van der Waals surface area (Å²) in [6.07, 6.45) is 0. The Morgan fingerprint density at radius 1 is 0.931 bits per heavy atom. The topological polar surface area (TPSA) is 75.3 Å². The maximum atomic E-state index is 14.5. The first-order valence-corrected chi connectivity index (χ1v) is 10.5. The van der Waals surface area contributed by atoms with E-state index in [2.05, 4.69) is 10.0 Å². The van der Waals surface area contributed by atoms with Gasteiger partial charge in [-0.25, -0.2) is 12.8 Å². The van der Waals surface area contributed by atoms with E-state index in [1.165, 1.54) is 30.3 Å². The molecule has 0 aliphatic carbocycles. The van der Waals surface area contributed by atoms with E-state index in [1.807, 2.05) is 0 Å². The fourth-order valence-corrected chi connectivity index (χ4v) is 4.09. The Balaban J connectivity index is 1.82. The highest BCUT2D eigenvalue weighted by atomic mass is 35.5. The molecule has 0 radical (unpaired) electrons. The van der Waals surface area contributed by atoms with Crippen molar-refractivity contribution >= 4 is 50.5 Å². The van der Waals surface area contributed by atoms with Crippen molar-refractivity contribution in [3.63, 3.8) is 0 Å². The minimum absolute atomic E-state index is 0.156. The molecule has 0 aliphatic rings. The van der Waals surface area contributed by atoms with Crippen LogP contribution in [0.4, 0.5) is 15.8 Å². The lowest BCUT2D eigenvalue weighted by Gasteiger charge is -2.12. The Bertz CT molecular complexity index is 1200. The second kappa shape index (κ2) is 8.41. The first-order chi connectivity index (χ1) is 13.7. The van der Waals surface area contributed by atoms with Gasteiger partial charge in [-0.15, -0.1) is 0 Å². The molecule has 0 fully saturated rings. The van der Waals surface area contributed by atoms with Crippen molar-refractivity contribution in [3.8, 4) is 0 Å². The van der Waals surface area contributed by atoms with Crippen LogP contribution in [0, 0.1) is 12.7 Å². The molecular formula is C20H15Cl2FN2O3S. The molecule has 0 spiro atoms. The molecule has 0 aromatic heterocycles. The van der Waals surface area contributed by atoms with Crippen molar-refractivity contribution in [1.29, 1.82) is 0 Å². The summed E-state index contributed by atoms with van der Waals surface area (Å²) < 4.78 is 42.0. The van der Waals surface area contributed by atoms with E-state index in [9.17, 15) is 17.6 Å². The van der Waals surface area contributed by atoms with E-state index < -0.39 is 21.7 Å². The Labute approximate surface area is 177 Å². The van der Waals surface area contributed by atoms with Crippen molar-refractivity contribution in [2.75, 3.05) is 10.0 Å². The maximum Gasteiger partial charge on any atom is 0.262 e. The van der Waals surface area contributed by atoms with Crippen molar-refractivity contribution in [1.82, 2.24) is 0 Å². The number of halogens is 3. The SMILES string of the molecule is Cc1cc(Cl)ccc1NS(=O)(=O)c1ccc(NC(=O)c2cccc(Cl)c2)c(F)c1. The molecule has 0 atom stereocenters. The minimum Gasteiger partial charge on any atom is -0.319 e. The lowest BCUT2D eigenvalue weighted by atomic mass is 10.2. The van der Waals surface area contributed by atoms with Crippen molar-refractivity contribution in [2.45, 2.75) is 11.8 Å². The average molecular weight is 453 g/mol. The summed E-state index contributed by atoms with van der Waals surface area (Å²) in [5.41, 5.74) is 1.03. The maximum absolute atomic E-state index is 14.5. The number of carbonyl (C=O) groups is 1. The number of rotatable bonds is 5. The summed E-state index contributed by atoms with van der Waals surface area (Å²) in [5.74, 6) is -1.46. The van der Waals surface area contributed by atoms with E-state index in [4.69, 9.17) is 23.2 Å². The van der Waals surface area contributed by atoms with Crippen LogP contribution in [0.25, 0.3) is 0 Å². The predicted octanol–water partition coefficient (Wildman–Crippen LogP) is 5.49. The summed E-state index contributed by atoms with van der Waals surface area (Å²) >= 11 is 11.7. The average Bonchev–Trinajstić information content (AvgIpc) is 2.65. The summed E-state index contributed by atoms with van der Waals surface area (Å²) in [5, 5.41) is 3.23. The molecule has 5 nitrogen and oxygen atoms in total.